The number of rotatable bonds is 4. The van der Waals surface area contributed by atoms with E-state index in [-0.39, 0.29) is 6.54 Å². The first kappa shape index (κ1) is 11.0. The molecule has 1 aliphatic rings. The van der Waals surface area contributed by atoms with Crippen molar-refractivity contribution in [2.24, 2.45) is 0 Å². The van der Waals surface area contributed by atoms with Gasteiger partial charge in [-0.25, -0.2) is 0 Å². The van der Waals surface area contributed by atoms with E-state index < -0.39 is 10.2 Å². The predicted molar refractivity (Wildman–Crippen MR) is 52.7 cm³/mol. The molecular weight excluding hydrogens is 212 g/mol. The molecule has 1 rings (SSSR count). The molecule has 0 aromatic carbocycles. The van der Waals surface area contributed by atoms with E-state index in [2.05, 4.69) is 11.3 Å². The van der Waals surface area contributed by atoms with Gasteiger partial charge in [-0.3, -0.25) is 0 Å². The third kappa shape index (κ3) is 3.27. The standard InChI is InChI=1S/C7H13ClN2O2S/c1-7(8)6-9-13(11,12)10-4-2-3-5-10/h9H,1-6H2. The van der Waals surface area contributed by atoms with E-state index in [1.54, 1.807) is 0 Å². The van der Waals surface area contributed by atoms with E-state index in [1.807, 2.05) is 0 Å². The molecule has 13 heavy (non-hydrogen) atoms. The van der Waals surface area contributed by atoms with E-state index in [1.165, 1.54) is 4.31 Å². The Labute approximate surface area is 83.7 Å². The van der Waals surface area contributed by atoms with Gasteiger partial charge in [-0.2, -0.15) is 17.4 Å². The molecule has 0 radical (unpaired) electrons. The van der Waals surface area contributed by atoms with Crippen molar-refractivity contribution in [2.45, 2.75) is 12.8 Å². The lowest BCUT2D eigenvalue weighted by Gasteiger charge is -2.15. The summed E-state index contributed by atoms with van der Waals surface area (Å²) in [6.45, 7) is 4.70. The molecule has 1 N–H and O–H groups in total. The minimum atomic E-state index is -3.32. The van der Waals surface area contributed by atoms with Gasteiger partial charge in [0.2, 0.25) is 0 Å². The summed E-state index contributed by atoms with van der Waals surface area (Å²) >= 11 is 5.45. The highest BCUT2D eigenvalue weighted by Gasteiger charge is 2.24. The fourth-order valence-electron chi connectivity index (χ4n) is 1.19. The second kappa shape index (κ2) is 4.41. The zero-order chi connectivity index (χ0) is 9.90. The average Bonchev–Trinajstić information content (AvgIpc) is 2.53. The molecule has 1 fully saturated rings. The van der Waals surface area contributed by atoms with Gasteiger partial charge in [0, 0.05) is 24.7 Å². The third-order valence-electron chi connectivity index (χ3n) is 1.85. The van der Waals surface area contributed by atoms with Crippen LogP contribution in [-0.2, 0) is 10.2 Å². The summed E-state index contributed by atoms with van der Waals surface area (Å²) in [5.41, 5.74) is 0. The van der Waals surface area contributed by atoms with Crippen LogP contribution in [0.25, 0.3) is 0 Å². The van der Waals surface area contributed by atoms with Crippen LogP contribution in [0, 0.1) is 0 Å². The molecule has 0 aliphatic carbocycles. The maximum Gasteiger partial charge on any atom is 0.279 e. The molecule has 1 saturated heterocycles. The van der Waals surface area contributed by atoms with Gasteiger partial charge in [0.15, 0.2) is 0 Å². The molecule has 0 amide bonds. The van der Waals surface area contributed by atoms with Gasteiger partial charge in [-0.05, 0) is 12.8 Å². The highest BCUT2D eigenvalue weighted by atomic mass is 35.5. The maximum absolute atomic E-state index is 11.5. The first-order valence-electron chi connectivity index (χ1n) is 4.10. The molecule has 0 atom stereocenters. The fourth-order valence-corrected chi connectivity index (χ4v) is 2.61. The van der Waals surface area contributed by atoms with Crippen LogP contribution in [0.15, 0.2) is 11.6 Å². The van der Waals surface area contributed by atoms with Gasteiger partial charge < -0.3 is 0 Å². The Kier molecular flexibility index (Phi) is 3.73. The van der Waals surface area contributed by atoms with Crippen molar-refractivity contribution in [3.63, 3.8) is 0 Å². The summed E-state index contributed by atoms with van der Waals surface area (Å²) in [6, 6.07) is 0. The highest BCUT2D eigenvalue weighted by Crippen LogP contribution is 2.11. The minimum Gasteiger partial charge on any atom is -0.197 e. The lowest BCUT2D eigenvalue weighted by atomic mass is 10.4. The summed E-state index contributed by atoms with van der Waals surface area (Å²) in [5, 5.41) is 0.294. The van der Waals surface area contributed by atoms with Crippen molar-refractivity contribution in [3.05, 3.63) is 11.6 Å². The van der Waals surface area contributed by atoms with Gasteiger partial charge in [-0.15, -0.1) is 0 Å². The van der Waals surface area contributed by atoms with Crippen molar-refractivity contribution in [1.82, 2.24) is 9.03 Å². The zero-order valence-corrected chi connectivity index (χ0v) is 8.86. The van der Waals surface area contributed by atoms with Crippen molar-refractivity contribution < 1.29 is 8.42 Å². The maximum atomic E-state index is 11.5. The van der Waals surface area contributed by atoms with Crippen LogP contribution in [0.5, 0.6) is 0 Å². The Morgan fingerprint density at radius 1 is 1.46 bits per heavy atom. The van der Waals surface area contributed by atoms with Crippen LogP contribution in [0.3, 0.4) is 0 Å². The first-order chi connectivity index (χ1) is 6.02. The van der Waals surface area contributed by atoms with E-state index in [4.69, 9.17) is 11.6 Å². The van der Waals surface area contributed by atoms with E-state index in [9.17, 15) is 8.42 Å². The summed E-state index contributed by atoms with van der Waals surface area (Å²) in [7, 11) is -3.32. The van der Waals surface area contributed by atoms with E-state index in [0.29, 0.717) is 18.1 Å². The second-order valence-corrected chi connectivity index (χ2v) is 5.24. The molecule has 0 unspecified atom stereocenters. The van der Waals surface area contributed by atoms with Gasteiger partial charge in [0.05, 0.1) is 0 Å². The van der Waals surface area contributed by atoms with E-state index >= 15 is 0 Å². The lowest BCUT2D eigenvalue weighted by Crippen LogP contribution is -2.39. The third-order valence-corrected chi connectivity index (χ3v) is 3.54. The van der Waals surface area contributed by atoms with Crippen LogP contribution in [0.1, 0.15) is 12.8 Å². The second-order valence-electron chi connectivity index (χ2n) is 2.95. The van der Waals surface area contributed by atoms with Gasteiger partial charge in [0.25, 0.3) is 10.2 Å². The number of halogens is 1. The molecule has 0 aromatic rings. The van der Waals surface area contributed by atoms with E-state index in [0.717, 1.165) is 12.8 Å². The normalized spacial score (nSPS) is 19.2. The number of nitrogens with one attached hydrogen (secondary N) is 1. The Hall–Kier alpha value is -0.100. The van der Waals surface area contributed by atoms with Crippen LogP contribution in [0.4, 0.5) is 0 Å². The fraction of sp³-hybridized carbons (Fsp3) is 0.714. The SMILES string of the molecule is C=C(Cl)CNS(=O)(=O)N1CCCC1. The molecular formula is C7H13ClN2O2S. The summed E-state index contributed by atoms with van der Waals surface area (Å²) in [6.07, 6.45) is 1.87. The molecule has 1 aliphatic heterocycles. The Morgan fingerprint density at radius 3 is 2.46 bits per heavy atom. The highest BCUT2D eigenvalue weighted by molar-refractivity contribution is 7.87. The Morgan fingerprint density at radius 2 is 2.00 bits per heavy atom. The Balaban J connectivity index is 2.50. The monoisotopic (exact) mass is 224 g/mol. The number of nitrogens with zero attached hydrogens (tertiary/aromatic N) is 1. The molecule has 1 heterocycles. The summed E-state index contributed by atoms with van der Waals surface area (Å²) in [5.74, 6) is 0. The van der Waals surface area contributed by atoms with Gasteiger partial charge in [0.1, 0.15) is 0 Å². The molecule has 4 nitrogen and oxygen atoms in total. The van der Waals surface area contributed by atoms with Crippen molar-refractivity contribution in [3.8, 4) is 0 Å². The topological polar surface area (TPSA) is 49.4 Å². The quantitative estimate of drug-likeness (QED) is 0.763. The zero-order valence-electron chi connectivity index (χ0n) is 7.29. The largest absolute Gasteiger partial charge is 0.279 e. The van der Waals surface area contributed by atoms with Crippen LogP contribution < -0.4 is 4.72 Å². The van der Waals surface area contributed by atoms with Crippen LogP contribution >= 0.6 is 11.6 Å². The van der Waals surface area contributed by atoms with Crippen molar-refractivity contribution in [1.29, 1.82) is 0 Å². The summed E-state index contributed by atoms with van der Waals surface area (Å²) in [4.78, 5) is 0. The number of hydrogen-bond donors (Lipinski definition) is 1. The van der Waals surface area contributed by atoms with Gasteiger partial charge >= 0.3 is 0 Å². The lowest BCUT2D eigenvalue weighted by molar-refractivity contribution is 0.467. The molecule has 0 saturated carbocycles. The predicted octanol–water partition coefficient (Wildman–Crippen LogP) is 0.669. The average molecular weight is 225 g/mol. The number of hydrogen-bond acceptors (Lipinski definition) is 2. The molecule has 0 aromatic heterocycles. The van der Waals surface area contributed by atoms with Crippen LogP contribution in [0.2, 0.25) is 0 Å². The molecule has 6 heteroatoms. The molecule has 0 spiro atoms. The van der Waals surface area contributed by atoms with Crippen LogP contribution in [-0.4, -0.2) is 32.4 Å². The minimum absolute atomic E-state index is 0.0976. The van der Waals surface area contributed by atoms with Crippen molar-refractivity contribution in [2.75, 3.05) is 19.6 Å². The summed E-state index contributed by atoms with van der Waals surface area (Å²) < 4.78 is 26.7. The van der Waals surface area contributed by atoms with Gasteiger partial charge in [-0.1, -0.05) is 18.2 Å². The smallest absolute Gasteiger partial charge is 0.197 e. The first-order valence-corrected chi connectivity index (χ1v) is 5.92. The molecule has 76 valence electrons. The Bertz CT molecular complexity index is 283. The molecule has 0 bridgehead atoms. The van der Waals surface area contributed by atoms with Crippen molar-refractivity contribution >= 4 is 21.8 Å².